The molecule has 0 unspecified atom stereocenters. The van der Waals surface area contributed by atoms with Gasteiger partial charge in [-0.25, -0.2) is 4.98 Å². The van der Waals surface area contributed by atoms with E-state index in [2.05, 4.69) is 15.2 Å². The highest BCUT2D eigenvalue weighted by atomic mass is 16.6. The molecular weight excluding hydrogens is 338 g/mol. The molecule has 2 aromatic carbocycles. The minimum absolute atomic E-state index is 0.00605. The van der Waals surface area contributed by atoms with E-state index >= 15 is 0 Å². The van der Waals surface area contributed by atoms with Crippen molar-refractivity contribution in [1.29, 1.82) is 0 Å². The standard InChI is InChI=1S/C17H17N5O4/c1-25-13-8-5-11(9-14(13)26-2)15(18)17-19-16(20-21-17)10-3-6-12(7-4-10)22(23)24/h3-9,15H,18H2,1-2H3,(H,19,20,21)/t15-/m0/s1. The van der Waals surface area contributed by atoms with Crippen LogP contribution in [0, 0.1) is 10.1 Å². The molecule has 3 N–H and O–H groups in total. The predicted octanol–water partition coefficient (Wildman–Crippen LogP) is 2.45. The fourth-order valence-electron chi connectivity index (χ4n) is 2.48. The van der Waals surface area contributed by atoms with Crippen LogP contribution in [0.5, 0.6) is 11.5 Å². The third-order valence-electron chi connectivity index (χ3n) is 3.90. The molecule has 134 valence electrons. The Hall–Kier alpha value is -3.46. The molecule has 1 atom stereocenters. The molecule has 0 spiro atoms. The first-order valence-electron chi connectivity index (χ1n) is 7.68. The molecule has 0 amide bonds. The Bertz CT molecular complexity index is 923. The predicted molar refractivity (Wildman–Crippen MR) is 94.0 cm³/mol. The molecule has 0 aliphatic carbocycles. The third-order valence-corrected chi connectivity index (χ3v) is 3.90. The van der Waals surface area contributed by atoms with E-state index < -0.39 is 11.0 Å². The van der Waals surface area contributed by atoms with E-state index in [4.69, 9.17) is 15.2 Å². The molecule has 3 aromatic rings. The molecule has 1 heterocycles. The van der Waals surface area contributed by atoms with Crippen molar-refractivity contribution in [2.75, 3.05) is 14.2 Å². The summed E-state index contributed by atoms with van der Waals surface area (Å²) < 4.78 is 10.5. The van der Waals surface area contributed by atoms with Gasteiger partial charge in [-0.05, 0) is 29.8 Å². The van der Waals surface area contributed by atoms with E-state index in [1.807, 2.05) is 6.07 Å². The van der Waals surface area contributed by atoms with Gasteiger partial charge < -0.3 is 15.2 Å². The summed E-state index contributed by atoms with van der Waals surface area (Å²) in [7, 11) is 3.11. The van der Waals surface area contributed by atoms with Crippen LogP contribution in [0.1, 0.15) is 17.4 Å². The largest absolute Gasteiger partial charge is 0.493 e. The van der Waals surface area contributed by atoms with Crippen LogP contribution in [0.25, 0.3) is 11.4 Å². The first-order chi connectivity index (χ1) is 12.5. The molecule has 0 fully saturated rings. The minimum atomic E-state index is -0.547. The smallest absolute Gasteiger partial charge is 0.269 e. The van der Waals surface area contributed by atoms with E-state index in [-0.39, 0.29) is 5.69 Å². The Morgan fingerprint density at radius 3 is 2.42 bits per heavy atom. The van der Waals surface area contributed by atoms with E-state index in [1.54, 1.807) is 38.5 Å². The van der Waals surface area contributed by atoms with Gasteiger partial charge in [0.05, 0.1) is 25.2 Å². The number of hydrogen-bond acceptors (Lipinski definition) is 7. The molecular formula is C17H17N5O4. The monoisotopic (exact) mass is 355 g/mol. The fourth-order valence-corrected chi connectivity index (χ4v) is 2.48. The van der Waals surface area contributed by atoms with E-state index in [9.17, 15) is 10.1 Å². The number of benzene rings is 2. The van der Waals surface area contributed by atoms with Gasteiger partial charge in [-0.3, -0.25) is 15.2 Å². The number of ether oxygens (including phenoxy) is 2. The lowest BCUT2D eigenvalue weighted by Crippen LogP contribution is -2.14. The van der Waals surface area contributed by atoms with Crippen LogP contribution in [0.2, 0.25) is 0 Å². The average Bonchev–Trinajstić information content (AvgIpc) is 3.17. The summed E-state index contributed by atoms with van der Waals surface area (Å²) in [6.45, 7) is 0. The number of H-pyrrole nitrogens is 1. The highest BCUT2D eigenvalue weighted by Crippen LogP contribution is 2.31. The maximum absolute atomic E-state index is 10.7. The lowest BCUT2D eigenvalue weighted by atomic mass is 10.1. The van der Waals surface area contributed by atoms with Gasteiger partial charge in [0.2, 0.25) is 0 Å². The van der Waals surface area contributed by atoms with Crippen LogP contribution in [0.3, 0.4) is 0 Å². The Balaban J connectivity index is 1.86. The summed E-state index contributed by atoms with van der Waals surface area (Å²) >= 11 is 0. The maximum Gasteiger partial charge on any atom is 0.269 e. The number of non-ortho nitro benzene ring substituents is 1. The number of nitrogens with two attached hydrogens (primary N) is 1. The highest BCUT2D eigenvalue weighted by Gasteiger charge is 2.17. The molecule has 1 aromatic heterocycles. The molecule has 3 rings (SSSR count). The summed E-state index contributed by atoms with van der Waals surface area (Å²) in [6.07, 6.45) is 0. The van der Waals surface area contributed by atoms with Gasteiger partial charge in [0.15, 0.2) is 17.3 Å². The van der Waals surface area contributed by atoms with E-state index in [0.29, 0.717) is 28.7 Å². The number of nitro benzene ring substituents is 1. The third kappa shape index (κ3) is 3.33. The van der Waals surface area contributed by atoms with Crippen LogP contribution >= 0.6 is 0 Å². The Kier molecular flexibility index (Phi) is 4.81. The molecule has 26 heavy (non-hydrogen) atoms. The van der Waals surface area contributed by atoms with Crippen molar-refractivity contribution in [3.8, 4) is 22.9 Å². The molecule has 0 bridgehead atoms. The van der Waals surface area contributed by atoms with Crippen molar-refractivity contribution in [2.45, 2.75) is 6.04 Å². The number of aromatic nitrogens is 3. The first-order valence-corrected chi connectivity index (χ1v) is 7.68. The van der Waals surface area contributed by atoms with Crippen molar-refractivity contribution < 1.29 is 14.4 Å². The number of methoxy groups -OCH3 is 2. The zero-order valence-corrected chi connectivity index (χ0v) is 14.2. The minimum Gasteiger partial charge on any atom is -0.493 e. The maximum atomic E-state index is 10.7. The lowest BCUT2D eigenvalue weighted by Gasteiger charge is -2.13. The van der Waals surface area contributed by atoms with Gasteiger partial charge in [-0.1, -0.05) is 6.07 Å². The molecule has 0 saturated heterocycles. The van der Waals surface area contributed by atoms with Crippen LogP contribution in [-0.2, 0) is 0 Å². The number of nitrogens with one attached hydrogen (secondary N) is 1. The molecule has 9 heteroatoms. The zero-order valence-electron chi connectivity index (χ0n) is 14.2. The van der Waals surface area contributed by atoms with Gasteiger partial charge in [0.25, 0.3) is 5.69 Å². The second-order valence-electron chi connectivity index (χ2n) is 5.44. The Labute approximate surface area is 148 Å². The van der Waals surface area contributed by atoms with Crippen LogP contribution < -0.4 is 15.2 Å². The second kappa shape index (κ2) is 7.19. The number of nitrogens with zero attached hydrogens (tertiary/aromatic N) is 3. The summed E-state index contributed by atoms with van der Waals surface area (Å²) in [5.41, 5.74) is 7.70. The SMILES string of the molecule is COc1ccc([C@H](N)c2nc(-c3ccc([N+](=O)[O-])cc3)n[nH]2)cc1OC. The summed E-state index contributed by atoms with van der Waals surface area (Å²) in [6, 6.07) is 10.8. The van der Waals surface area contributed by atoms with Crippen molar-refractivity contribution in [3.05, 3.63) is 64.0 Å². The molecule has 9 nitrogen and oxygen atoms in total. The van der Waals surface area contributed by atoms with Crippen LogP contribution in [0.15, 0.2) is 42.5 Å². The van der Waals surface area contributed by atoms with Crippen LogP contribution in [0.4, 0.5) is 5.69 Å². The normalized spacial score (nSPS) is 11.8. The fraction of sp³-hybridized carbons (Fsp3) is 0.176. The highest BCUT2D eigenvalue weighted by molar-refractivity contribution is 5.57. The topological polar surface area (TPSA) is 129 Å². The lowest BCUT2D eigenvalue weighted by molar-refractivity contribution is -0.384. The van der Waals surface area contributed by atoms with Crippen molar-refractivity contribution >= 4 is 5.69 Å². The molecule has 0 aliphatic rings. The van der Waals surface area contributed by atoms with Gasteiger partial charge in [-0.2, -0.15) is 5.10 Å². The van der Waals surface area contributed by atoms with Gasteiger partial charge >= 0.3 is 0 Å². The second-order valence-corrected chi connectivity index (χ2v) is 5.44. The number of aromatic amines is 1. The molecule has 0 saturated carbocycles. The van der Waals surface area contributed by atoms with Crippen molar-refractivity contribution in [3.63, 3.8) is 0 Å². The summed E-state index contributed by atoms with van der Waals surface area (Å²) in [4.78, 5) is 14.7. The average molecular weight is 355 g/mol. The van der Waals surface area contributed by atoms with E-state index in [0.717, 1.165) is 5.56 Å². The summed E-state index contributed by atoms with van der Waals surface area (Å²) in [5.74, 6) is 2.04. The molecule has 0 radical (unpaired) electrons. The molecule has 0 aliphatic heterocycles. The quantitative estimate of drug-likeness (QED) is 0.513. The summed E-state index contributed by atoms with van der Waals surface area (Å²) in [5, 5.41) is 17.7. The Morgan fingerprint density at radius 2 is 1.81 bits per heavy atom. The number of hydrogen-bond donors (Lipinski definition) is 2. The van der Waals surface area contributed by atoms with Gasteiger partial charge in [-0.15, -0.1) is 0 Å². The van der Waals surface area contributed by atoms with Gasteiger partial charge in [0, 0.05) is 17.7 Å². The number of rotatable bonds is 6. The van der Waals surface area contributed by atoms with Crippen LogP contribution in [-0.4, -0.2) is 34.3 Å². The van der Waals surface area contributed by atoms with E-state index in [1.165, 1.54) is 12.1 Å². The zero-order chi connectivity index (χ0) is 18.7. The van der Waals surface area contributed by atoms with Crippen molar-refractivity contribution in [2.24, 2.45) is 5.73 Å². The van der Waals surface area contributed by atoms with Gasteiger partial charge in [0.1, 0.15) is 5.82 Å². The first kappa shape index (κ1) is 17.4. The Morgan fingerprint density at radius 1 is 1.12 bits per heavy atom. The van der Waals surface area contributed by atoms with Crippen molar-refractivity contribution in [1.82, 2.24) is 15.2 Å². The number of nitro groups is 1.